The number of carbonyl (C=O) groups excluding carboxylic acids is 4. The van der Waals surface area contributed by atoms with Crippen LogP contribution in [0.5, 0.6) is 0 Å². The first-order chi connectivity index (χ1) is 51.6. The molecular weight excluding hydrogens is 1380 g/mol. The number of unbranched alkanes of at least 4 members (excludes halogenated alkanes) is 53. The predicted octanol–water partition coefficient (Wildman–Crippen LogP) is 26.3. The zero-order valence-electron chi connectivity index (χ0n) is 69.1. The summed E-state index contributed by atoms with van der Waals surface area (Å²) in [4.78, 5) is 73.0. The molecule has 0 radical (unpaired) electrons. The van der Waals surface area contributed by atoms with Gasteiger partial charge < -0.3 is 33.8 Å². The molecule has 0 aromatic heterocycles. The van der Waals surface area contributed by atoms with Crippen LogP contribution in [-0.4, -0.2) is 96.7 Å². The highest BCUT2D eigenvalue weighted by molar-refractivity contribution is 7.47. The number of carbonyl (C=O) groups is 4. The van der Waals surface area contributed by atoms with Crippen molar-refractivity contribution in [2.75, 3.05) is 39.6 Å². The van der Waals surface area contributed by atoms with Crippen molar-refractivity contribution in [2.45, 2.75) is 464 Å². The van der Waals surface area contributed by atoms with Crippen molar-refractivity contribution in [3.8, 4) is 0 Å². The minimum absolute atomic E-state index is 0.0851. The number of phosphoric acid groups is 2. The summed E-state index contributed by atoms with van der Waals surface area (Å²) in [7, 11) is -9.93. The summed E-state index contributed by atoms with van der Waals surface area (Å²) >= 11 is 0. The molecule has 106 heavy (non-hydrogen) atoms. The Morgan fingerprint density at radius 1 is 0.302 bits per heavy atom. The second-order valence-corrected chi connectivity index (χ2v) is 33.7. The lowest BCUT2D eigenvalue weighted by Crippen LogP contribution is -2.30. The maximum Gasteiger partial charge on any atom is 0.472 e. The number of phosphoric ester groups is 2. The third-order valence-electron chi connectivity index (χ3n) is 20.3. The molecule has 0 aliphatic heterocycles. The maximum absolute atomic E-state index is 13.1. The number of hydrogen-bond acceptors (Lipinski definition) is 15. The van der Waals surface area contributed by atoms with Crippen molar-refractivity contribution < 1.29 is 80.2 Å². The van der Waals surface area contributed by atoms with E-state index in [0.29, 0.717) is 25.7 Å². The lowest BCUT2D eigenvalue weighted by atomic mass is 9.99. The fraction of sp³-hybridized carbons (Fsp3) is 0.908. The average Bonchev–Trinajstić information content (AvgIpc) is 0.909. The number of aliphatic hydroxyl groups excluding tert-OH is 1. The Labute approximate surface area is 650 Å². The van der Waals surface area contributed by atoms with E-state index in [2.05, 4.69) is 58.9 Å². The van der Waals surface area contributed by atoms with Crippen LogP contribution >= 0.6 is 15.6 Å². The number of ether oxygens (including phenoxy) is 4. The van der Waals surface area contributed by atoms with Crippen molar-refractivity contribution in [1.82, 2.24) is 0 Å². The Hall–Kier alpha value is -2.46. The Kier molecular flexibility index (Phi) is 77.4. The molecule has 0 saturated carbocycles. The molecule has 0 saturated heterocycles. The van der Waals surface area contributed by atoms with Crippen LogP contribution in [0, 0.1) is 5.92 Å². The van der Waals surface area contributed by atoms with Gasteiger partial charge in [-0.05, 0) is 57.3 Å². The number of esters is 4. The van der Waals surface area contributed by atoms with Gasteiger partial charge in [-0.2, -0.15) is 0 Å². The summed E-state index contributed by atoms with van der Waals surface area (Å²) in [5.74, 6) is -1.27. The lowest BCUT2D eigenvalue weighted by Gasteiger charge is -2.21. The molecule has 626 valence electrons. The summed E-state index contributed by atoms with van der Waals surface area (Å²) in [6.45, 7) is 7.31. The van der Waals surface area contributed by atoms with E-state index < -0.39 is 97.5 Å². The maximum atomic E-state index is 13.1. The molecule has 0 aromatic carbocycles. The third kappa shape index (κ3) is 78.2. The molecule has 0 aliphatic rings. The quantitative estimate of drug-likeness (QED) is 0.0169. The van der Waals surface area contributed by atoms with Gasteiger partial charge in [-0.3, -0.25) is 37.3 Å². The molecule has 0 aromatic rings. The monoisotopic (exact) mass is 1550 g/mol. The molecule has 17 nitrogen and oxygen atoms in total. The molecule has 19 heteroatoms. The largest absolute Gasteiger partial charge is 0.472 e. The molecule has 0 fully saturated rings. The first kappa shape index (κ1) is 104. The predicted molar refractivity (Wildman–Crippen MR) is 437 cm³/mol. The van der Waals surface area contributed by atoms with Gasteiger partial charge in [0.2, 0.25) is 0 Å². The van der Waals surface area contributed by atoms with Crippen LogP contribution in [0.15, 0.2) is 24.3 Å². The summed E-state index contributed by atoms with van der Waals surface area (Å²) in [5, 5.41) is 10.6. The fourth-order valence-corrected chi connectivity index (χ4v) is 14.7. The van der Waals surface area contributed by atoms with Gasteiger partial charge in [0.05, 0.1) is 26.4 Å². The van der Waals surface area contributed by atoms with Crippen molar-refractivity contribution in [1.29, 1.82) is 0 Å². The van der Waals surface area contributed by atoms with Crippen LogP contribution in [0.25, 0.3) is 0 Å². The average molecular weight is 1550 g/mol. The standard InChI is InChI=1S/C87H166O17P2/c1-6-10-13-16-19-21-23-25-27-28-29-30-31-32-36-40-43-47-51-56-61-66-71-85(90)98-77-83(104-87(92)73-68-63-58-53-49-45-41-37-34-33-35-39-42-46-50-55-59-64-69-80(5)9-4)79-102-106(95,96)100-75-81(88)74-99-105(93,94)101-78-82(76-97-84(89)70-65-60-54-18-15-12-8-3)103-86(91)72-67-62-57-52-48-44-38-26-24-22-20-17-14-11-7-2/h22,24,26,38,80-83,88H,6-21,23,25,27-37,39-79H2,1-5H3,(H,93,94)(H,95,96)/b24-22-,38-26-/t80?,81-,82+,83+/m0/s1. The number of hydrogen-bond donors (Lipinski definition) is 3. The molecule has 0 spiro atoms. The Balaban J connectivity index is 5.17. The number of aliphatic hydroxyl groups is 1. The number of allylic oxidation sites excluding steroid dienone is 4. The highest BCUT2D eigenvalue weighted by Crippen LogP contribution is 2.45. The normalized spacial score (nSPS) is 14.2. The molecule has 0 bridgehead atoms. The van der Waals surface area contributed by atoms with Gasteiger partial charge in [0.15, 0.2) is 12.2 Å². The minimum Gasteiger partial charge on any atom is -0.462 e. The van der Waals surface area contributed by atoms with Crippen LogP contribution < -0.4 is 0 Å². The van der Waals surface area contributed by atoms with Crippen LogP contribution in [0.4, 0.5) is 0 Å². The second-order valence-electron chi connectivity index (χ2n) is 30.8. The highest BCUT2D eigenvalue weighted by Gasteiger charge is 2.30. The van der Waals surface area contributed by atoms with Gasteiger partial charge in [-0.1, -0.05) is 393 Å². The summed E-state index contributed by atoms with van der Waals surface area (Å²) in [5.41, 5.74) is 0. The molecule has 0 aliphatic carbocycles. The van der Waals surface area contributed by atoms with Crippen LogP contribution in [0.2, 0.25) is 0 Å². The van der Waals surface area contributed by atoms with Crippen LogP contribution in [0.3, 0.4) is 0 Å². The topological polar surface area (TPSA) is 237 Å². The van der Waals surface area contributed by atoms with Crippen molar-refractivity contribution in [3.63, 3.8) is 0 Å². The fourth-order valence-electron chi connectivity index (χ4n) is 13.1. The molecule has 3 N–H and O–H groups in total. The van der Waals surface area contributed by atoms with Crippen LogP contribution in [0.1, 0.15) is 446 Å². The smallest absolute Gasteiger partial charge is 0.462 e. The lowest BCUT2D eigenvalue weighted by molar-refractivity contribution is -0.161. The van der Waals surface area contributed by atoms with Gasteiger partial charge >= 0.3 is 39.5 Å². The van der Waals surface area contributed by atoms with E-state index >= 15 is 0 Å². The van der Waals surface area contributed by atoms with Gasteiger partial charge in [0.1, 0.15) is 19.3 Å². The Morgan fingerprint density at radius 3 is 0.802 bits per heavy atom. The third-order valence-corrected chi connectivity index (χ3v) is 22.2. The second kappa shape index (κ2) is 79.2. The minimum atomic E-state index is -4.97. The zero-order chi connectivity index (χ0) is 77.6. The van der Waals surface area contributed by atoms with E-state index in [1.165, 1.54) is 244 Å². The van der Waals surface area contributed by atoms with Gasteiger partial charge in [0.25, 0.3) is 0 Å². The molecular formula is C87H166O17P2. The number of rotatable bonds is 85. The molecule has 3 unspecified atom stereocenters. The van der Waals surface area contributed by atoms with Gasteiger partial charge in [0, 0.05) is 25.7 Å². The summed E-state index contributed by atoms with van der Waals surface area (Å²) in [6, 6.07) is 0. The van der Waals surface area contributed by atoms with Crippen molar-refractivity contribution in [3.05, 3.63) is 24.3 Å². The SMILES string of the molecule is CCCCCC/C=C\C=C/CCCCCCCC(=O)O[C@H](COC(=O)CCCCCCCCC)COP(=O)(O)OC[C@H](O)COP(=O)(O)OC[C@@H](COC(=O)CCCCCCCCCCCCCCCCCCCCCCCC)OC(=O)CCCCCCCCCCCCCCCCCCCCC(C)CC. The Bertz CT molecular complexity index is 2110. The first-order valence-corrected chi connectivity index (χ1v) is 47.5. The van der Waals surface area contributed by atoms with Gasteiger partial charge in [-0.25, -0.2) is 9.13 Å². The van der Waals surface area contributed by atoms with Crippen LogP contribution in [-0.2, 0) is 65.4 Å². The summed E-state index contributed by atoms with van der Waals surface area (Å²) < 4.78 is 68.7. The van der Waals surface area contributed by atoms with E-state index in [4.69, 9.17) is 37.0 Å². The van der Waals surface area contributed by atoms with E-state index in [0.717, 1.165) is 121 Å². The van der Waals surface area contributed by atoms with Crippen molar-refractivity contribution in [2.24, 2.45) is 5.92 Å². The van der Waals surface area contributed by atoms with Gasteiger partial charge in [-0.15, -0.1) is 0 Å². The van der Waals surface area contributed by atoms with E-state index in [9.17, 15) is 43.2 Å². The molecule has 0 heterocycles. The van der Waals surface area contributed by atoms with E-state index in [1.54, 1.807) is 0 Å². The van der Waals surface area contributed by atoms with E-state index in [-0.39, 0.29) is 25.7 Å². The summed E-state index contributed by atoms with van der Waals surface area (Å²) in [6.07, 6.45) is 76.1. The first-order valence-electron chi connectivity index (χ1n) is 44.5. The van der Waals surface area contributed by atoms with E-state index in [1.807, 2.05) is 0 Å². The molecule has 6 atom stereocenters. The zero-order valence-corrected chi connectivity index (χ0v) is 70.9. The van der Waals surface area contributed by atoms with Crippen molar-refractivity contribution >= 4 is 39.5 Å². The highest BCUT2D eigenvalue weighted by atomic mass is 31.2. The Morgan fingerprint density at radius 2 is 0.528 bits per heavy atom. The molecule has 0 rings (SSSR count). The molecule has 0 amide bonds.